The summed E-state index contributed by atoms with van der Waals surface area (Å²) in [6.45, 7) is 2.51. The predicted molar refractivity (Wildman–Crippen MR) is 56.0 cm³/mol. The molecule has 0 N–H and O–H groups in total. The van der Waals surface area contributed by atoms with Crippen molar-refractivity contribution in [3.8, 4) is 5.75 Å². The van der Waals surface area contributed by atoms with Crippen LogP contribution in [0, 0.1) is 0 Å². The molecule has 1 aliphatic rings. The van der Waals surface area contributed by atoms with Crippen LogP contribution in [0.2, 0.25) is 10.0 Å². The van der Waals surface area contributed by atoms with Crippen LogP contribution >= 0.6 is 23.2 Å². The van der Waals surface area contributed by atoms with Crippen molar-refractivity contribution in [2.45, 2.75) is 26.2 Å². The summed E-state index contributed by atoms with van der Waals surface area (Å²) in [4.78, 5) is 0. The van der Waals surface area contributed by atoms with E-state index in [0.717, 1.165) is 12.0 Å². The van der Waals surface area contributed by atoms with Crippen LogP contribution in [0.3, 0.4) is 0 Å². The van der Waals surface area contributed by atoms with E-state index in [9.17, 15) is 0 Å². The second-order valence-corrected chi connectivity index (χ2v) is 3.99. The zero-order valence-electron chi connectivity index (χ0n) is 7.72. The van der Waals surface area contributed by atoms with Gasteiger partial charge in [0.1, 0.15) is 5.75 Å². The van der Waals surface area contributed by atoms with Crippen LogP contribution in [0.1, 0.15) is 18.9 Å². The third-order valence-corrected chi connectivity index (χ3v) is 2.59. The van der Waals surface area contributed by atoms with Gasteiger partial charge >= 0.3 is 0 Å². The minimum absolute atomic E-state index is 0.193. The van der Waals surface area contributed by atoms with Crippen LogP contribution < -0.4 is 4.74 Å². The van der Waals surface area contributed by atoms with Crippen LogP contribution in [-0.4, -0.2) is 6.29 Å². The highest BCUT2D eigenvalue weighted by molar-refractivity contribution is 6.35. The Morgan fingerprint density at radius 3 is 2.93 bits per heavy atom. The van der Waals surface area contributed by atoms with Crippen molar-refractivity contribution in [1.29, 1.82) is 0 Å². The molecule has 0 saturated carbocycles. The van der Waals surface area contributed by atoms with Gasteiger partial charge in [-0.3, -0.25) is 0 Å². The van der Waals surface area contributed by atoms with Crippen LogP contribution in [0.15, 0.2) is 12.1 Å². The maximum Gasteiger partial charge on any atom is 0.200 e. The molecular weight excluding hydrogens is 223 g/mol. The third-order valence-electron chi connectivity index (χ3n) is 2.09. The fourth-order valence-electron chi connectivity index (χ4n) is 1.40. The molecule has 0 aromatic heterocycles. The predicted octanol–water partition coefficient (Wildman–Crippen LogP) is 3.64. The maximum atomic E-state index is 6.00. The van der Waals surface area contributed by atoms with Gasteiger partial charge in [0.15, 0.2) is 6.29 Å². The van der Waals surface area contributed by atoms with E-state index < -0.39 is 0 Å². The summed E-state index contributed by atoms with van der Waals surface area (Å²) in [6, 6.07) is 3.49. The van der Waals surface area contributed by atoms with E-state index >= 15 is 0 Å². The number of halogens is 2. The quantitative estimate of drug-likeness (QED) is 0.737. The Hall–Kier alpha value is -0.440. The van der Waals surface area contributed by atoms with E-state index in [2.05, 4.69) is 0 Å². The number of fused-ring (bicyclic) bond motifs is 1. The van der Waals surface area contributed by atoms with E-state index in [1.54, 1.807) is 6.07 Å². The average Bonchev–Trinajstić information content (AvgIpc) is 2.17. The minimum atomic E-state index is -0.193. The topological polar surface area (TPSA) is 18.5 Å². The minimum Gasteiger partial charge on any atom is -0.463 e. The van der Waals surface area contributed by atoms with Crippen molar-refractivity contribution >= 4 is 23.2 Å². The Bertz CT molecular complexity index is 352. The molecule has 0 aliphatic carbocycles. The van der Waals surface area contributed by atoms with Gasteiger partial charge in [0.05, 0.1) is 11.6 Å². The Morgan fingerprint density at radius 2 is 2.21 bits per heavy atom. The Labute approximate surface area is 92.7 Å². The molecule has 0 fully saturated rings. The van der Waals surface area contributed by atoms with Crippen molar-refractivity contribution in [2.75, 3.05) is 0 Å². The molecule has 0 bridgehead atoms. The molecule has 4 heteroatoms. The normalized spacial score (nSPS) is 20.1. The molecule has 76 valence electrons. The van der Waals surface area contributed by atoms with Crippen LogP contribution in [0.25, 0.3) is 0 Å². The van der Waals surface area contributed by atoms with Gasteiger partial charge < -0.3 is 9.47 Å². The molecule has 0 saturated heterocycles. The molecule has 1 aromatic carbocycles. The Morgan fingerprint density at radius 1 is 1.43 bits per heavy atom. The number of rotatable bonds is 1. The van der Waals surface area contributed by atoms with Crippen LogP contribution in [0.5, 0.6) is 5.75 Å². The van der Waals surface area contributed by atoms with Crippen molar-refractivity contribution in [3.63, 3.8) is 0 Å². The zero-order valence-corrected chi connectivity index (χ0v) is 9.23. The van der Waals surface area contributed by atoms with E-state index in [0.29, 0.717) is 22.4 Å². The van der Waals surface area contributed by atoms with Gasteiger partial charge in [-0.15, -0.1) is 0 Å². The lowest BCUT2D eigenvalue weighted by atomic mass is 10.2. The maximum absolute atomic E-state index is 6.00. The molecule has 14 heavy (non-hydrogen) atoms. The lowest BCUT2D eigenvalue weighted by molar-refractivity contribution is -0.108. The van der Waals surface area contributed by atoms with Gasteiger partial charge in [-0.05, 0) is 12.1 Å². The molecule has 2 nitrogen and oxygen atoms in total. The van der Waals surface area contributed by atoms with Gasteiger partial charge in [-0.1, -0.05) is 30.1 Å². The summed E-state index contributed by atoms with van der Waals surface area (Å²) >= 11 is 11.9. The molecule has 1 aliphatic heterocycles. The second kappa shape index (κ2) is 3.97. The summed E-state index contributed by atoms with van der Waals surface area (Å²) in [5.41, 5.74) is 0.909. The summed E-state index contributed by atoms with van der Waals surface area (Å²) < 4.78 is 11.0. The van der Waals surface area contributed by atoms with Gasteiger partial charge in [0.2, 0.25) is 0 Å². The fraction of sp³-hybridized carbons (Fsp3) is 0.400. The summed E-state index contributed by atoms with van der Waals surface area (Å²) in [6.07, 6.45) is 0.611. The molecule has 1 aromatic rings. The zero-order chi connectivity index (χ0) is 10.1. The van der Waals surface area contributed by atoms with E-state index in [1.165, 1.54) is 0 Å². The second-order valence-electron chi connectivity index (χ2n) is 3.14. The van der Waals surface area contributed by atoms with E-state index in [4.69, 9.17) is 32.7 Å². The number of hydrogen-bond donors (Lipinski definition) is 0. The Balaban J connectivity index is 2.37. The summed E-state index contributed by atoms with van der Waals surface area (Å²) in [5, 5.41) is 1.16. The molecule has 1 unspecified atom stereocenters. The molecule has 2 rings (SSSR count). The molecule has 0 amide bonds. The summed E-state index contributed by atoms with van der Waals surface area (Å²) in [7, 11) is 0. The first kappa shape index (κ1) is 10.1. The number of benzene rings is 1. The first-order valence-electron chi connectivity index (χ1n) is 4.47. The molecule has 0 spiro atoms. The smallest absolute Gasteiger partial charge is 0.200 e. The van der Waals surface area contributed by atoms with Crippen LogP contribution in [-0.2, 0) is 11.3 Å². The molecule has 1 heterocycles. The first-order chi connectivity index (χ1) is 6.70. The summed E-state index contributed by atoms with van der Waals surface area (Å²) in [5.74, 6) is 0.703. The van der Waals surface area contributed by atoms with Gasteiger partial charge in [-0.2, -0.15) is 0 Å². The monoisotopic (exact) mass is 232 g/mol. The van der Waals surface area contributed by atoms with Crippen molar-refractivity contribution < 1.29 is 9.47 Å². The fourth-order valence-corrected chi connectivity index (χ4v) is 1.98. The lowest BCUT2D eigenvalue weighted by Crippen LogP contribution is -2.24. The molecule has 1 atom stereocenters. The first-order valence-corrected chi connectivity index (χ1v) is 5.22. The average molecular weight is 233 g/mol. The lowest BCUT2D eigenvalue weighted by Gasteiger charge is -2.26. The van der Waals surface area contributed by atoms with Crippen molar-refractivity contribution in [3.05, 3.63) is 27.7 Å². The van der Waals surface area contributed by atoms with Crippen LogP contribution in [0.4, 0.5) is 0 Å². The van der Waals surface area contributed by atoms with E-state index in [1.807, 2.05) is 13.0 Å². The van der Waals surface area contributed by atoms with Crippen molar-refractivity contribution in [1.82, 2.24) is 0 Å². The van der Waals surface area contributed by atoms with Gasteiger partial charge in [0.25, 0.3) is 0 Å². The highest BCUT2D eigenvalue weighted by Crippen LogP contribution is 2.36. The van der Waals surface area contributed by atoms with Crippen molar-refractivity contribution in [2.24, 2.45) is 0 Å². The largest absolute Gasteiger partial charge is 0.463 e. The standard InChI is InChI=1S/C10H10Cl2O2/c1-2-9-13-5-6-3-7(11)4-8(12)10(6)14-9/h3-4,9H,2,5H2,1H3. The molecular formula is C10H10Cl2O2. The van der Waals surface area contributed by atoms with Gasteiger partial charge in [-0.25, -0.2) is 0 Å². The van der Waals surface area contributed by atoms with E-state index in [-0.39, 0.29) is 6.29 Å². The third kappa shape index (κ3) is 1.83. The Kier molecular flexibility index (Phi) is 2.86. The highest BCUT2D eigenvalue weighted by Gasteiger charge is 2.21. The highest BCUT2D eigenvalue weighted by atomic mass is 35.5. The van der Waals surface area contributed by atoms with Gasteiger partial charge in [0, 0.05) is 17.0 Å². The molecule has 0 radical (unpaired) electrons. The number of hydrogen-bond acceptors (Lipinski definition) is 2. The number of ether oxygens (including phenoxy) is 2. The SMILES string of the molecule is CCC1OCc2cc(Cl)cc(Cl)c2O1.